The summed E-state index contributed by atoms with van der Waals surface area (Å²) in [5.41, 5.74) is 1.78. The largest absolute Gasteiger partial charge is 0.382 e. The van der Waals surface area contributed by atoms with Gasteiger partial charge in [-0.25, -0.2) is 4.39 Å². The summed E-state index contributed by atoms with van der Waals surface area (Å²) in [5, 5.41) is 14.6. The minimum Gasteiger partial charge on any atom is -0.382 e. The molecule has 3 nitrogen and oxygen atoms in total. The van der Waals surface area contributed by atoms with Gasteiger partial charge >= 0.3 is 0 Å². The lowest BCUT2D eigenvalue weighted by Crippen LogP contribution is -2.12. The minimum absolute atomic E-state index is 0.276. The Morgan fingerprint density at radius 2 is 2.21 bits per heavy atom. The Balaban J connectivity index is 2.46. The van der Waals surface area contributed by atoms with E-state index in [1.54, 1.807) is 23.0 Å². The van der Waals surface area contributed by atoms with Crippen molar-refractivity contribution in [2.24, 2.45) is 0 Å². The number of aliphatic hydroxyl groups is 1. The second-order valence-electron chi connectivity index (χ2n) is 4.53. The SMILES string of the molecule is CCCn1ncc(Br)c1C(O)c1cc(C)ccc1F. The normalized spacial score (nSPS) is 12.7. The second kappa shape index (κ2) is 5.84. The molecule has 102 valence electrons. The van der Waals surface area contributed by atoms with Crippen LogP contribution in [-0.2, 0) is 6.54 Å². The van der Waals surface area contributed by atoms with Gasteiger partial charge in [0.05, 0.1) is 16.4 Å². The van der Waals surface area contributed by atoms with E-state index in [1.807, 2.05) is 13.8 Å². The summed E-state index contributed by atoms with van der Waals surface area (Å²) in [6.07, 6.45) is 1.50. The van der Waals surface area contributed by atoms with Crippen molar-refractivity contribution in [3.63, 3.8) is 0 Å². The van der Waals surface area contributed by atoms with Crippen LogP contribution >= 0.6 is 15.9 Å². The van der Waals surface area contributed by atoms with Crippen molar-refractivity contribution in [1.82, 2.24) is 9.78 Å². The maximum atomic E-state index is 13.9. The van der Waals surface area contributed by atoms with Crippen molar-refractivity contribution in [3.8, 4) is 0 Å². The molecule has 5 heteroatoms. The molecule has 0 saturated carbocycles. The summed E-state index contributed by atoms with van der Waals surface area (Å²) in [4.78, 5) is 0. The Bertz CT molecular complexity index is 583. The van der Waals surface area contributed by atoms with Crippen LogP contribution < -0.4 is 0 Å². The van der Waals surface area contributed by atoms with Gasteiger partial charge in [-0.15, -0.1) is 0 Å². The van der Waals surface area contributed by atoms with Crippen LogP contribution in [0.25, 0.3) is 0 Å². The maximum absolute atomic E-state index is 13.9. The molecule has 0 bridgehead atoms. The predicted molar refractivity (Wildman–Crippen MR) is 75.4 cm³/mol. The van der Waals surface area contributed by atoms with Gasteiger partial charge in [0, 0.05) is 12.1 Å². The molecule has 2 aromatic rings. The van der Waals surface area contributed by atoms with Crippen LogP contribution in [0.1, 0.15) is 36.3 Å². The highest BCUT2D eigenvalue weighted by molar-refractivity contribution is 9.10. The molecule has 0 fully saturated rings. The Kier molecular flexibility index (Phi) is 4.37. The third-order valence-electron chi connectivity index (χ3n) is 2.97. The third kappa shape index (κ3) is 2.87. The number of aliphatic hydroxyl groups excluding tert-OH is 1. The van der Waals surface area contributed by atoms with Crippen LogP contribution in [-0.4, -0.2) is 14.9 Å². The van der Waals surface area contributed by atoms with Gasteiger partial charge in [0.2, 0.25) is 0 Å². The molecule has 0 aliphatic heterocycles. The topological polar surface area (TPSA) is 38.0 Å². The number of nitrogens with zero attached hydrogens (tertiary/aromatic N) is 2. The molecule has 1 aromatic heterocycles. The van der Waals surface area contributed by atoms with Crippen LogP contribution in [0.2, 0.25) is 0 Å². The van der Waals surface area contributed by atoms with Gasteiger partial charge < -0.3 is 5.11 Å². The fourth-order valence-electron chi connectivity index (χ4n) is 2.05. The first-order chi connectivity index (χ1) is 9.04. The quantitative estimate of drug-likeness (QED) is 0.932. The van der Waals surface area contributed by atoms with E-state index in [9.17, 15) is 9.50 Å². The zero-order valence-corrected chi connectivity index (χ0v) is 12.5. The molecule has 1 aromatic carbocycles. The van der Waals surface area contributed by atoms with Crippen LogP contribution in [0.4, 0.5) is 4.39 Å². The monoisotopic (exact) mass is 326 g/mol. The van der Waals surface area contributed by atoms with Crippen molar-refractivity contribution >= 4 is 15.9 Å². The lowest BCUT2D eigenvalue weighted by molar-refractivity contribution is 0.201. The summed E-state index contributed by atoms with van der Waals surface area (Å²) in [7, 11) is 0. The van der Waals surface area contributed by atoms with Crippen LogP contribution in [0, 0.1) is 12.7 Å². The predicted octanol–water partition coefficient (Wildman–Crippen LogP) is 3.58. The van der Waals surface area contributed by atoms with Gasteiger partial charge in [0.15, 0.2) is 0 Å². The molecule has 0 aliphatic carbocycles. The summed E-state index contributed by atoms with van der Waals surface area (Å²) in [6.45, 7) is 4.58. The molecule has 1 unspecified atom stereocenters. The fourth-order valence-corrected chi connectivity index (χ4v) is 2.57. The van der Waals surface area contributed by atoms with E-state index in [0.29, 0.717) is 16.7 Å². The number of rotatable bonds is 4. The van der Waals surface area contributed by atoms with Gasteiger partial charge in [0.25, 0.3) is 0 Å². The maximum Gasteiger partial charge on any atom is 0.129 e. The molecule has 19 heavy (non-hydrogen) atoms. The first kappa shape index (κ1) is 14.2. The van der Waals surface area contributed by atoms with Crippen LogP contribution in [0.15, 0.2) is 28.9 Å². The Morgan fingerprint density at radius 1 is 1.47 bits per heavy atom. The summed E-state index contributed by atoms with van der Waals surface area (Å²) in [6, 6.07) is 4.72. The van der Waals surface area contributed by atoms with Crippen LogP contribution in [0.3, 0.4) is 0 Å². The highest BCUT2D eigenvalue weighted by Crippen LogP contribution is 2.30. The first-order valence-corrected chi connectivity index (χ1v) is 6.99. The molecule has 0 spiro atoms. The van der Waals surface area contributed by atoms with Crippen molar-refractivity contribution < 1.29 is 9.50 Å². The van der Waals surface area contributed by atoms with E-state index in [1.165, 1.54) is 6.07 Å². The first-order valence-electron chi connectivity index (χ1n) is 6.20. The van der Waals surface area contributed by atoms with Crippen molar-refractivity contribution in [2.45, 2.75) is 32.9 Å². The molecular formula is C14H16BrFN2O. The van der Waals surface area contributed by atoms with E-state index in [2.05, 4.69) is 21.0 Å². The highest BCUT2D eigenvalue weighted by atomic mass is 79.9. The fraction of sp³-hybridized carbons (Fsp3) is 0.357. The Hall–Kier alpha value is -1.20. The third-order valence-corrected chi connectivity index (χ3v) is 3.58. The molecule has 0 radical (unpaired) electrons. The van der Waals surface area contributed by atoms with Gasteiger partial charge in [-0.1, -0.05) is 24.6 Å². The lowest BCUT2D eigenvalue weighted by Gasteiger charge is -2.15. The molecule has 2 rings (SSSR count). The molecule has 0 aliphatic rings. The van der Waals surface area contributed by atoms with E-state index in [4.69, 9.17) is 0 Å². The zero-order valence-electron chi connectivity index (χ0n) is 10.9. The highest BCUT2D eigenvalue weighted by Gasteiger charge is 2.22. The van der Waals surface area contributed by atoms with E-state index >= 15 is 0 Å². The minimum atomic E-state index is -1.02. The molecule has 0 saturated heterocycles. The second-order valence-corrected chi connectivity index (χ2v) is 5.38. The van der Waals surface area contributed by atoms with Crippen molar-refractivity contribution in [2.75, 3.05) is 0 Å². The van der Waals surface area contributed by atoms with Crippen LogP contribution in [0.5, 0.6) is 0 Å². The zero-order chi connectivity index (χ0) is 14.0. The molecule has 0 amide bonds. The van der Waals surface area contributed by atoms with E-state index in [0.717, 1.165) is 12.0 Å². The summed E-state index contributed by atoms with van der Waals surface area (Å²) in [5.74, 6) is -0.408. The molecule has 1 heterocycles. The Morgan fingerprint density at radius 3 is 2.89 bits per heavy atom. The molecular weight excluding hydrogens is 311 g/mol. The van der Waals surface area contributed by atoms with Crippen molar-refractivity contribution in [1.29, 1.82) is 0 Å². The number of hydrogen-bond acceptors (Lipinski definition) is 2. The van der Waals surface area contributed by atoms with Crippen molar-refractivity contribution in [3.05, 3.63) is 51.5 Å². The Labute approximate surface area is 120 Å². The number of aryl methyl sites for hydroxylation is 2. The number of hydrogen-bond donors (Lipinski definition) is 1. The van der Waals surface area contributed by atoms with Gasteiger partial charge in [-0.05, 0) is 35.3 Å². The average Bonchev–Trinajstić information content (AvgIpc) is 2.73. The summed E-state index contributed by atoms with van der Waals surface area (Å²) < 4.78 is 16.3. The average molecular weight is 327 g/mol. The van der Waals surface area contributed by atoms with E-state index < -0.39 is 11.9 Å². The van der Waals surface area contributed by atoms with Gasteiger partial charge in [-0.3, -0.25) is 4.68 Å². The standard InChI is InChI=1S/C14H16BrFN2O/c1-3-6-18-13(11(15)8-17-18)14(19)10-7-9(2)4-5-12(10)16/h4-5,7-8,14,19H,3,6H2,1-2H3. The molecule has 1 N–H and O–H groups in total. The molecule has 1 atom stereocenters. The number of benzene rings is 1. The number of halogens is 2. The number of aromatic nitrogens is 2. The van der Waals surface area contributed by atoms with Gasteiger partial charge in [0.1, 0.15) is 11.9 Å². The summed E-state index contributed by atoms with van der Waals surface area (Å²) >= 11 is 3.36. The smallest absolute Gasteiger partial charge is 0.129 e. The van der Waals surface area contributed by atoms with E-state index in [-0.39, 0.29) is 5.56 Å². The lowest BCUT2D eigenvalue weighted by atomic mass is 10.0. The van der Waals surface area contributed by atoms with Gasteiger partial charge in [-0.2, -0.15) is 5.10 Å².